The number of hydrogen-bond donors (Lipinski definition) is 2. The maximum Gasteiger partial charge on any atom is 0.269 e. The molecule has 0 amide bonds. The van der Waals surface area contributed by atoms with Crippen LogP contribution in [0, 0.1) is 10.1 Å². The van der Waals surface area contributed by atoms with Crippen molar-refractivity contribution in [2.45, 2.75) is 53.4 Å². The molecule has 1 rings (SSSR count). The summed E-state index contributed by atoms with van der Waals surface area (Å²) in [5, 5.41) is 17.3. The lowest BCUT2D eigenvalue weighted by Crippen LogP contribution is -2.28. The van der Waals surface area contributed by atoms with Gasteiger partial charge in [0.1, 0.15) is 0 Å². The highest BCUT2D eigenvalue weighted by Gasteiger charge is 2.04. The largest absolute Gasteiger partial charge is 0.359 e. The van der Waals surface area contributed by atoms with Gasteiger partial charge in [0.2, 0.25) is 0 Å². The number of benzene rings is 1. The molecule has 0 saturated heterocycles. The number of anilines is 1. The van der Waals surface area contributed by atoms with E-state index in [4.69, 9.17) is 12.2 Å². The van der Waals surface area contributed by atoms with Gasteiger partial charge in [-0.15, -0.1) is 0 Å². The molecule has 1 aromatic carbocycles. The average Bonchev–Trinajstić information content (AvgIpc) is 2.61. The first-order valence-electron chi connectivity index (χ1n) is 9.52. The number of rotatable bonds is 10. The van der Waals surface area contributed by atoms with Crippen LogP contribution in [0.25, 0.3) is 0 Å². The lowest BCUT2D eigenvalue weighted by molar-refractivity contribution is -0.384. The van der Waals surface area contributed by atoms with Crippen LogP contribution >= 0.6 is 12.2 Å². The maximum absolute atomic E-state index is 10.7. The number of thiocarbonyl (C=S) groups is 1. The van der Waals surface area contributed by atoms with E-state index in [0.29, 0.717) is 11.7 Å². The van der Waals surface area contributed by atoms with E-state index in [1.807, 2.05) is 0 Å². The van der Waals surface area contributed by atoms with Crippen LogP contribution in [0.15, 0.2) is 59.2 Å². The Balaban J connectivity index is 2.30. The van der Waals surface area contributed by atoms with Gasteiger partial charge in [-0.05, 0) is 77.7 Å². The Bertz CT molecular complexity index is 746. The summed E-state index contributed by atoms with van der Waals surface area (Å²) in [4.78, 5) is 10.2. The summed E-state index contributed by atoms with van der Waals surface area (Å²) in [6, 6.07) is 6.17. The predicted octanol–water partition coefficient (Wildman–Crippen LogP) is 6.30. The van der Waals surface area contributed by atoms with E-state index in [9.17, 15) is 10.1 Å². The van der Waals surface area contributed by atoms with Gasteiger partial charge in [-0.25, -0.2) is 0 Å². The minimum absolute atomic E-state index is 0.0595. The first-order chi connectivity index (χ1) is 13.3. The number of non-ortho nitro benzene ring substituents is 1. The highest BCUT2D eigenvalue weighted by atomic mass is 32.1. The normalized spacial score (nSPS) is 11.7. The molecule has 5 nitrogen and oxygen atoms in total. The molecule has 0 aliphatic rings. The lowest BCUT2D eigenvalue weighted by Gasteiger charge is -2.09. The van der Waals surface area contributed by atoms with Crippen molar-refractivity contribution in [3.8, 4) is 0 Å². The fourth-order valence-electron chi connectivity index (χ4n) is 2.50. The molecule has 28 heavy (non-hydrogen) atoms. The highest BCUT2D eigenvalue weighted by Crippen LogP contribution is 2.15. The fraction of sp³-hybridized carbons (Fsp3) is 0.409. The predicted molar refractivity (Wildman–Crippen MR) is 123 cm³/mol. The topological polar surface area (TPSA) is 67.2 Å². The molecule has 0 radical (unpaired) electrons. The minimum atomic E-state index is -0.423. The third-order valence-corrected chi connectivity index (χ3v) is 4.42. The van der Waals surface area contributed by atoms with Gasteiger partial charge in [-0.3, -0.25) is 10.1 Å². The van der Waals surface area contributed by atoms with Gasteiger partial charge >= 0.3 is 0 Å². The third kappa shape index (κ3) is 10.6. The summed E-state index contributed by atoms with van der Waals surface area (Å²) in [5.41, 5.74) is 4.91. The van der Waals surface area contributed by atoms with Crippen LogP contribution in [-0.4, -0.2) is 16.6 Å². The second-order valence-electron chi connectivity index (χ2n) is 7.10. The minimum Gasteiger partial charge on any atom is -0.359 e. The number of nitrogens with one attached hydrogen (secondary N) is 2. The Morgan fingerprint density at radius 1 is 1.00 bits per heavy atom. The quantitative estimate of drug-likeness (QED) is 0.208. The van der Waals surface area contributed by atoms with Crippen LogP contribution in [0.4, 0.5) is 11.4 Å². The molecule has 0 fully saturated rings. The van der Waals surface area contributed by atoms with Crippen molar-refractivity contribution < 1.29 is 4.92 Å². The molecular formula is C22H31N3O2S. The molecule has 0 unspecified atom stereocenters. The molecule has 1 aromatic rings. The molecule has 0 aliphatic heterocycles. The van der Waals surface area contributed by atoms with Gasteiger partial charge < -0.3 is 10.6 Å². The van der Waals surface area contributed by atoms with Gasteiger partial charge in [-0.1, -0.05) is 34.9 Å². The van der Waals surface area contributed by atoms with E-state index >= 15 is 0 Å². The van der Waals surface area contributed by atoms with Crippen LogP contribution in [0.3, 0.4) is 0 Å². The van der Waals surface area contributed by atoms with Crippen molar-refractivity contribution in [2.75, 3.05) is 11.9 Å². The summed E-state index contributed by atoms with van der Waals surface area (Å²) in [6.45, 7) is 9.24. The molecule has 0 spiro atoms. The molecule has 0 aromatic heterocycles. The van der Waals surface area contributed by atoms with Crippen molar-refractivity contribution in [2.24, 2.45) is 0 Å². The summed E-state index contributed by atoms with van der Waals surface area (Å²) < 4.78 is 0. The van der Waals surface area contributed by atoms with Gasteiger partial charge in [0, 0.05) is 24.4 Å². The van der Waals surface area contributed by atoms with E-state index < -0.39 is 4.92 Å². The van der Waals surface area contributed by atoms with Gasteiger partial charge in [0.25, 0.3) is 5.69 Å². The Kier molecular flexibility index (Phi) is 10.8. The van der Waals surface area contributed by atoms with Crippen molar-refractivity contribution in [3.63, 3.8) is 0 Å². The van der Waals surface area contributed by atoms with Gasteiger partial charge in [-0.2, -0.15) is 0 Å². The average molecular weight is 402 g/mol. The standard InChI is InChI=1S/C22H31N3O2S/c1-17(2)7-5-8-18(3)9-6-10-19(4)15-16-23-22(28)24-20-11-13-21(14-12-20)25(26)27/h7,9,11-15H,5-6,8,10,16H2,1-4H3,(H2,23,24,28)/b18-9+,19-15+. The molecule has 0 atom stereocenters. The second kappa shape index (κ2) is 12.8. The number of hydrogen-bond acceptors (Lipinski definition) is 3. The molecular weight excluding hydrogens is 370 g/mol. The van der Waals surface area contributed by atoms with Crippen LogP contribution in [-0.2, 0) is 0 Å². The Morgan fingerprint density at radius 2 is 1.57 bits per heavy atom. The van der Waals surface area contributed by atoms with E-state index in [-0.39, 0.29) is 5.69 Å². The number of nitro benzene ring substituents is 1. The summed E-state index contributed by atoms with van der Waals surface area (Å²) >= 11 is 5.25. The first kappa shape index (κ1) is 23.6. The lowest BCUT2D eigenvalue weighted by atomic mass is 10.1. The Hall–Kier alpha value is -2.47. The molecule has 0 bridgehead atoms. The smallest absolute Gasteiger partial charge is 0.269 e. The third-order valence-electron chi connectivity index (χ3n) is 4.17. The van der Waals surface area contributed by atoms with Crippen molar-refractivity contribution in [1.82, 2.24) is 5.32 Å². The number of allylic oxidation sites excluding steroid dienone is 5. The van der Waals surface area contributed by atoms with Gasteiger partial charge in [0.15, 0.2) is 5.11 Å². The summed E-state index contributed by atoms with van der Waals surface area (Å²) in [5.74, 6) is 0. The fourth-order valence-corrected chi connectivity index (χ4v) is 2.70. The highest BCUT2D eigenvalue weighted by molar-refractivity contribution is 7.80. The zero-order valence-corrected chi connectivity index (χ0v) is 18.1. The number of nitro groups is 1. The van der Waals surface area contributed by atoms with Crippen LogP contribution < -0.4 is 10.6 Å². The molecule has 6 heteroatoms. The zero-order chi connectivity index (χ0) is 20.9. The zero-order valence-electron chi connectivity index (χ0n) is 17.2. The first-order valence-corrected chi connectivity index (χ1v) is 9.92. The van der Waals surface area contributed by atoms with Crippen LogP contribution in [0.5, 0.6) is 0 Å². The van der Waals surface area contributed by atoms with Crippen LogP contribution in [0.1, 0.15) is 53.4 Å². The maximum atomic E-state index is 10.7. The Labute approximate surface area is 173 Å². The van der Waals surface area contributed by atoms with Crippen molar-refractivity contribution >= 4 is 28.7 Å². The summed E-state index contributed by atoms with van der Waals surface area (Å²) in [7, 11) is 0. The monoisotopic (exact) mass is 401 g/mol. The SMILES string of the molecule is CC(C)=CCC/C(C)=C/CC/C(C)=C/CNC(=S)Nc1ccc([N+](=O)[O-])cc1. The van der Waals surface area contributed by atoms with Crippen molar-refractivity contribution in [1.29, 1.82) is 0 Å². The molecule has 0 aliphatic carbocycles. The molecule has 152 valence electrons. The van der Waals surface area contributed by atoms with E-state index in [0.717, 1.165) is 31.4 Å². The van der Waals surface area contributed by atoms with Crippen molar-refractivity contribution in [3.05, 3.63) is 69.3 Å². The molecule has 0 saturated carbocycles. The number of nitrogens with zero attached hydrogens (tertiary/aromatic N) is 1. The van der Waals surface area contributed by atoms with E-state index in [1.54, 1.807) is 12.1 Å². The molecule has 2 N–H and O–H groups in total. The molecule has 0 heterocycles. The Morgan fingerprint density at radius 3 is 2.14 bits per heavy atom. The van der Waals surface area contributed by atoms with E-state index in [2.05, 4.69) is 56.6 Å². The summed E-state index contributed by atoms with van der Waals surface area (Å²) in [6.07, 6.45) is 11.1. The van der Waals surface area contributed by atoms with E-state index in [1.165, 1.54) is 28.9 Å². The van der Waals surface area contributed by atoms with Crippen LogP contribution in [0.2, 0.25) is 0 Å². The second-order valence-corrected chi connectivity index (χ2v) is 7.51. The van der Waals surface area contributed by atoms with Gasteiger partial charge in [0.05, 0.1) is 4.92 Å².